The fourth-order valence-corrected chi connectivity index (χ4v) is 10.6. The number of halogens is 2. The van der Waals surface area contributed by atoms with Gasteiger partial charge in [-0.2, -0.15) is 0 Å². The number of aryl methyl sites for hydroxylation is 1. The zero-order valence-corrected chi connectivity index (χ0v) is 20.4. The van der Waals surface area contributed by atoms with Crippen LogP contribution >= 0.6 is 24.2 Å². The second-order valence-corrected chi connectivity index (χ2v) is 14.1. The van der Waals surface area contributed by atoms with E-state index >= 15 is 0 Å². The molecule has 7 heteroatoms. The summed E-state index contributed by atoms with van der Waals surface area (Å²) in [4.78, 5) is 0.285. The van der Waals surface area contributed by atoms with Crippen LogP contribution in [0.1, 0.15) is 5.56 Å². The van der Waals surface area contributed by atoms with Crippen LogP contribution in [0.3, 0.4) is 0 Å². The molecule has 3 nitrogen and oxygen atoms in total. The van der Waals surface area contributed by atoms with Crippen molar-refractivity contribution in [2.75, 3.05) is 0 Å². The van der Waals surface area contributed by atoms with Gasteiger partial charge in [-0.15, -0.1) is 0 Å². The molecule has 0 unspecified atom stereocenters. The molecule has 3 aromatic rings. The third-order valence-electron chi connectivity index (χ3n) is 3.55. The molecule has 0 N–H and O–H groups in total. The molecule has 110 valence electrons. The molecule has 0 saturated heterocycles. The molecule has 0 fully saturated rings. The number of hydrogen-bond donors (Lipinski definition) is 0. The molecule has 22 heavy (non-hydrogen) atoms. The van der Waals surface area contributed by atoms with Gasteiger partial charge in [-0.3, -0.25) is 0 Å². The van der Waals surface area contributed by atoms with Crippen LogP contribution in [0.5, 0.6) is 0 Å². The van der Waals surface area contributed by atoms with Crippen molar-refractivity contribution in [2.45, 2.75) is 11.8 Å². The van der Waals surface area contributed by atoms with E-state index in [9.17, 15) is 8.42 Å². The van der Waals surface area contributed by atoms with Crippen LogP contribution in [0, 0.1) is 6.92 Å². The number of hydrogen-bond acceptors (Lipinski definition) is 2. The molecule has 0 radical (unpaired) electrons. The molecule has 0 saturated carbocycles. The summed E-state index contributed by atoms with van der Waals surface area (Å²) in [6.45, 7) is 1.93. The van der Waals surface area contributed by atoms with Gasteiger partial charge in [0.15, 0.2) is 0 Å². The molecule has 1 heterocycles. The zero-order valence-electron chi connectivity index (χ0n) is 11.8. The Morgan fingerprint density at radius 2 is 1.82 bits per heavy atom. The third-order valence-corrected chi connectivity index (χ3v) is 11.6. The second kappa shape index (κ2) is 6.26. The first-order valence-corrected chi connectivity index (χ1v) is 18.4. The van der Waals surface area contributed by atoms with Gasteiger partial charge < -0.3 is 0 Å². The molecule has 2 aromatic carbocycles. The van der Waals surface area contributed by atoms with Crippen molar-refractivity contribution in [3.63, 3.8) is 0 Å². The van der Waals surface area contributed by atoms with Crippen molar-refractivity contribution in [3.8, 4) is 0 Å². The van der Waals surface area contributed by atoms with E-state index in [1.165, 1.54) is 3.97 Å². The Kier molecular flexibility index (Phi) is 4.70. The topological polar surface area (TPSA) is 39.1 Å². The number of nitrogens with zero attached hydrogens (tertiary/aromatic N) is 1. The van der Waals surface area contributed by atoms with E-state index in [0.717, 1.165) is 18.5 Å². The van der Waals surface area contributed by atoms with Crippen LogP contribution in [-0.4, -0.2) is 12.4 Å². The average Bonchev–Trinajstić information content (AvgIpc) is 2.88. The van der Waals surface area contributed by atoms with E-state index in [1.807, 2.05) is 25.1 Å². The third kappa shape index (κ3) is 2.77. The van der Waals surface area contributed by atoms with Crippen LogP contribution in [0.15, 0.2) is 58.0 Å². The molecule has 3 rings (SSSR count). The fraction of sp³-hybridized carbons (Fsp3) is 0.0667. The standard InChI is InChI=1S/C15H11BrNO2S.ClH.Hg/c1-11-5-7-12(8-6-11)20(18,19)17-10-9-13-14(16)3-2-4-15(13)17;;/h2-8,10H,1H3;1H;/q;;+1/p-1. The first-order chi connectivity index (χ1) is 10.4. The Hall–Kier alpha value is -0.365. The van der Waals surface area contributed by atoms with E-state index in [-0.39, 0.29) is 4.90 Å². The van der Waals surface area contributed by atoms with Gasteiger partial charge in [0, 0.05) is 0 Å². The maximum atomic E-state index is 12.9. The van der Waals surface area contributed by atoms with Crippen molar-refractivity contribution in [1.29, 1.82) is 0 Å². The number of rotatable bonds is 3. The van der Waals surface area contributed by atoms with Crippen molar-refractivity contribution >= 4 is 48.2 Å². The van der Waals surface area contributed by atoms with Crippen molar-refractivity contribution in [3.05, 3.63) is 58.7 Å². The summed E-state index contributed by atoms with van der Waals surface area (Å²) in [7, 11) is 2.59. The molecule has 0 aliphatic carbocycles. The predicted octanol–water partition coefficient (Wildman–Crippen LogP) is 3.81. The first-order valence-electron chi connectivity index (χ1n) is 6.62. The van der Waals surface area contributed by atoms with Gasteiger partial charge in [0.25, 0.3) is 0 Å². The van der Waals surface area contributed by atoms with Crippen LogP contribution < -0.4 is 3.07 Å². The van der Waals surface area contributed by atoms with E-state index in [4.69, 9.17) is 8.25 Å². The molecular weight excluding hydrogens is 574 g/mol. The van der Waals surface area contributed by atoms with Gasteiger partial charge in [0.2, 0.25) is 0 Å². The van der Waals surface area contributed by atoms with Crippen molar-refractivity contribution < 1.29 is 31.8 Å². The number of fused-ring (bicyclic) bond motifs is 1. The van der Waals surface area contributed by atoms with Gasteiger partial charge >= 0.3 is 154 Å². The van der Waals surface area contributed by atoms with Crippen LogP contribution in [0.25, 0.3) is 10.9 Å². The maximum absolute atomic E-state index is 12.9. The molecule has 0 aliphatic heterocycles. The number of benzene rings is 2. The van der Waals surface area contributed by atoms with Crippen molar-refractivity contribution in [2.24, 2.45) is 0 Å². The zero-order chi connectivity index (χ0) is 15.9. The van der Waals surface area contributed by atoms with Crippen LogP contribution in [-0.2, 0) is 33.4 Å². The first kappa shape index (κ1) is 16.5. The SMILES string of the molecule is Cc1ccc(S(=O)(=O)n2c[c]([Hg][Cl])c3c(Br)cccc32)cc1. The van der Waals surface area contributed by atoms with E-state index in [1.54, 1.807) is 30.5 Å². The molecule has 0 spiro atoms. The monoisotopic (exact) mass is 585 g/mol. The Bertz CT molecular complexity index is 952. The minimum atomic E-state index is -3.62. The quantitative estimate of drug-likeness (QED) is 0.439. The Morgan fingerprint density at radius 1 is 1.14 bits per heavy atom. The second-order valence-electron chi connectivity index (χ2n) is 5.04. The van der Waals surface area contributed by atoms with Gasteiger partial charge in [0.05, 0.1) is 0 Å². The average molecular weight is 585 g/mol. The van der Waals surface area contributed by atoms with E-state index in [2.05, 4.69) is 15.9 Å². The van der Waals surface area contributed by atoms with Crippen LogP contribution in [0.4, 0.5) is 0 Å². The summed E-state index contributed by atoms with van der Waals surface area (Å²) >= 11 is 1.73. The molecule has 0 bridgehead atoms. The van der Waals surface area contributed by atoms with E-state index < -0.39 is 33.4 Å². The number of aromatic nitrogens is 1. The molecule has 0 amide bonds. The Morgan fingerprint density at radius 3 is 2.45 bits per heavy atom. The predicted molar refractivity (Wildman–Crippen MR) is 88.9 cm³/mol. The molecule has 0 atom stereocenters. The summed E-state index contributed by atoms with van der Waals surface area (Å²) in [6, 6.07) is 12.4. The normalized spacial score (nSPS) is 11.6. The minimum absolute atomic E-state index is 0.285. The summed E-state index contributed by atoms with van der Waals surface area (Å²) in [6.07, 6.45) is 1.69. The van der Waals surface area contributed by atoms with E-state index in [0.29, 0.717) is 5.52 Å². The van der Waals surface area contributed by atoms with Gasteiger partial charge in [-0.05, 0) is 0 Å². The molecule has 0 aliphatic rings. The van der Waals surface area contributed by atoms with Gasteiger partial charge in [-0.25, -0.2) is 0 Å². The molecule has 1 aromatic heterocycles. The van der Waals surface area contributed by atoms with Gasteiger partial charge in [0.1, 0.15) is 0 Å². The Balaban J connectivity index is 2.30. The summed E-state index contributed by atoms with van der Waals surface area (Å²) in [5, 5.41) is 0.926. The summed E-state index contributed by atoms with van der Waals surface area (Å²) in [5.74, 6) is 0. The van der Waals surface area contributed by atoms with Crippen molar-refractivity contribution in [1.82, 2.24) is 3.97 Å². The fourth-order valence-electron chi connectivity index (χ4n) is 2.41. The summed E-state index contributed by atoms with van der Waals surface area (Å²) in [5.41, 5.74) is 1.70. The Labute approximate surface area is 153 Å². The van der Waals surface area contributed by atoms with Crippen LogP contribution in [0.2, 0.25) is 0 Å². The molecular formula is C15H11BrClHgNO2S. The van der Waals surface area contributed by atoms with Gasteiger partial charge in [-0.1, -0.05) is 0 Å². The summed E-state index contributed by atoms with van der Waals surface area (Å²) < 4.78 is 29.1.